The van der Waals surface area contributed by atoms with Crippen molar-refractivity contribution in [3.05, 3.63) is 0 Å². The van der Waals surface area contributed by atoms with Crippen molar-refractivity contribution in [3.63, 3.8) is 0 Å². The molecule has 0 radical (unpaired) electrons. The zero-order chi connectivity index (χ0) is 7.14. The van der Waals surface area contributed by atoms with Gasteiger partial charge in [0.25, 0.3) is 0 Å². The van der Waals surface area contributed by atoms with Gasteiger partial charge in [0.2, 0.25) is 0 Å². The molecule has 0 amide bonds. The molecule has 10 heavy (non-hydrogen) atoms. The van der Waals surface area contributed by atoms with E-state index in [9.17, 15) is 0 Å². The highest BCUT2D eigenvalue weighted by molar-refractivity contribution is 6.04. The molecule has 2 aliphatic heterocycles. The fourth-order valence-electron chi connectivity index (χ4n) is 2.46. The van der Waals surface area contributed by atoms with Crippen LogP contribution in [-0.4, -0.2) is 50.9 Å². The molecule has 0 aromatic heterocycles. The van der Waals surface area contributed by atoms with E-state index >= 15 is 0 Å². The van der Waals surface area contributed by atoms with E-state index in [0.29, 0.717) is 0 Å². The number of nitrogens with zero attached hydrogens (tertiary/aromatic N) is 2. The van der Waals surface area contributed by atoms with Crippen LogP contribution in [-0.2, 0) is 0 Å². The predicted octanol–water partition coefficient (Wildman–Crippen LogP) is -0.972. The Labute approximate surface area is 63.6 Å². The standard InChI is InChI=1S/C7H15BN2/c1-9-2-6-4-10(8)5-7(6)3-9/h6-7H,2-5,8H2,1H3. The number of rotatable bonds is 0. The molecule has 0 spiro atoms. The number of hydrogen-bond donors (Lipinski definition) is 0. The van der Waals surface area contributed by atoms with Crippen molar-refractivity contribution in [1.82, 2.24) is 9.71 Å². The molecule has 3 heteroatoms. The topological polar surface area (TPSA) is 6.48 Å². The Kier molecular flexibility index (Phi) is 1.50. The van der Waals surface area contributed by atoms with Gasteiger partial charge in [0.1, 0.15) is 0 Å². The first-order valence-electron chi connectivity index (χ1n) is 4.13. The molecule has 2 nitrogen and oxygen atoms in total. The van der Waals surface area contributed by atoms with E-state index in [1.165, 1.54) is 26.2 Å². The second-order valence-electron chi connectivity index (χ2n) is 3.96. The second kappa shape index (κ2) is 2.24. The molecule has 2 atom stereocenters. The molecule has 2 heterocycles. The van der Waals surface area contributed by atoms with Gasteiger partial charge in [-0.3, -0.25) is 0 Å². The van der Waals surface area contributed by atoms with Crippen molar-refractivity contribution in [2.45, 2.75) is 0 Å². The van der Waals surface area contributed by atoms with Crippen molar-refractivity contribution >= 4 is 7.98 Å². The summed E-state index contributed by atoms with van der Waals surface area (Å²) in [5, 5.41) is 0. The van der Waals surface area contributed by atoms with Gasteiger partial charge in [0.15, 0.2) is 7.98 Å². The lowest BCUT2D eigenvalue weighted by Crippen LogP contribution is -2.24. The molecular weight excluding hydrogens is 123 g/mol. The van der Waals surface area contributed by atoms with E-state index < -0.39 is 0 Å². The Balaban J connectivity index is 2.00. The summed E-state index contributed by atoms with van der Waals surface area (Å²) in [4.78, 5) is 4.92. The Bertz CT molecular complexity index is 112. The van der Waals surface area contributed by atoms with Crippen molar-refractivity contribution in [1.29, 1.82) is 0 Å². The van der Waals surface area contributed by atoms with Crippen LogP contribution in [0.1, 0.15) is 0 Å². The van der Waals surface area contributed by atoms with Crippen LogP contribution in [0, 0.1) is 11.8 Å². The molecule has 0 saturated carbocycles. The molecule has 0 aliphatic carbocycles. The molecule has 0 bridgehead atoms. The summed E-state index contributed by atoms with van der Waals surface area (Å²) in [5.41, 5.74) is 0. The lowest BCUT2D eigenvalue weighted by molar-refractivity contribution is 0.356. The third-order valence-electron chi connectivity index (χ3n) is 2.85. The van der Waals surface area contributed by atoms with Gasteiger partial charge in [-0.15, -0.1) is 0 Å². The highest BCUT2D eigenvalue weighted by atomic mass is 15.2. The Morgan fingerprint density at radius 3 is 2.10 bits per heavy atom. The van der Waals surface area contributed by atoms with Crippen LogP contribution < -0.4 is 0 Å². The lowest BCUT2D eigenvalue weighted by Gasteiger charge is -2.13. The zero-order valence-corrected chi connectivity index (χ0v) is 6.88. The summed E-state index contributed by atoms with van der Waals surface area (Å²) in [6.07, 6.45) is 0. The van der Waals surface area contributed by atoms with Crippen molar-refractivity contribution in [2.24, 2.45) is 11.8 Å². The van der Waals surface area contributed by atoms with Gasteiger partial charge in [-0.05, 0) is 32.0 Å². The Morgan fingerprint density at radius 1 is 1.10 bits per heavy atom. The first-order chi connectivity index (χ1) is 4.75. The fraction of sp³-hybridized carbons (Fsp3) is 1.00. The maximum absolute atomic E-state index is 2.46. The molecule has 0 aromatic carbocycles. The maximum atomic E-state index is 2.46. The highest BCUT2D eigenvalue weighted by Gasteiger charge is 2.36. The molecule has 2 saturated heterocycles. The quantitative estimate of drug-likeness (QED) is 0.397. The van der Waals surface area contributed by atoms with Gasteiger partial charge >= 0.3 is 0 Å². The second-order valence-corrected chi connectivity index (χ2v) is 3.96. The maximum Gasteiger partial charge on any atom is 0.185 e. The first kappa shape index (κ1) is 6.68. The van der Waals surface area contributed by atoms with E-state index in [2.05, 4.69) is 24.7 Å². The molecular formula is C7H15BN2. The van der Waals surface area contributed by atoms with Gasteiger partial charge in [-0.25, -0.2) is 0 Å². The van der Waals surface area contributed by atoms with Crippen LogP contribution in [0.5, 0.6) is 0 Å². The molecule has 2 rings (SSSR count). The van der Waals surface area contributed by atoms with Gasteiger partial charge in [0, 0.05) is 13.1 Å². The average molecular weight is 138 g/mol. The molecule has 2 fully saturated rings. The van der Waals surface area contributed by atoms with Gasteiger partial charge in [-0.1, -0.05) is 0 Å². The average Bonchev–Trinajstić information content (AvgIpc) is 2.21. The summed E-state index contributed by atoms with van der Waals surface area (Å²) in [6.45, 7) is 5.31. The zero-order valence-electron chi connectivity index (χ0n) is 6.88. The normalized spacial score (nSPS) is 42.5. The number of fused-ring (bicyclic) bond motifs is 1. The van der Waals surface area contributed by atoms with Gasteiger partial charge < -0.3 is 9.71 Å². The van der Waals surface area contributed by atoms with Crippen LogP contribution in [0.2, 0.25) is 0 Å². The fourth-order valence-corrected chi connectivity index (χ4v) is 2.46. The smallest absolute Gasteiger partial charge is 0.185 e. The van der Waals surface area contributed by atoms with Crippen LogP contribution in [0.25, 0.3) is 0 Å². The van der Waals surface area contributed by atoms with E-state index in [4.69, 9.17) is 0 Å². The first-order valence-corrected chi connectivity index (χ1v) is 4.13. The predicted molar refractivity (Wildman–Crippen MR) is 44.6 cm³/mol. The van der Waals surface area contributed by atoms with E-state index in [0.717, 1.165) is 11.8 Å². The van der Waals surface area contributed by atoms with Crippen molar-refractivity contribution < 1.29 is 0 Å². The molecule has 0 N–H and O–H groups in total. The van der Waals surface area contributed by atoms with Gasteiger partial charge in [0.05, 0.1) is 0 Å². The minimum Gasteiger partial charge on any atom is -0.348 e. The van der Waals surface area contributed by atoms with E-state index in [-0.39, 0.29) is 0 Å². The number of likely N-dealkylation sites (tertiary alicyclic amines) is 1. The Morgan fingerprint density at radius 2 is 1.60 bits per heavy atom. The minimum atomic E-state index is 0.981. The van der Waals surface area contributed by atoms with Crippen LogP contribution in [0.3, 0.4) is 0 Å². The molecule has 0 aromatic rings. The van der Waals surface area contributed by atoms with E-state index in [1.807, 2.05) is 0 Å². The summed E-state index contributed by atoms with van der Waals surface area (Å²) >= 11 is 0. The van der Waals surface area contributed by atoms with Crippen molar-refractivity contribution in [3.8, 4) is 0 Å². The summed E-state index contributed by atoms with van der Waals surface area (Å²) < 4.78 is 0. The summed E-state index contributed by atoms with van der Waals surface area (Å²) in [5.74, 6) is 1.96. The van der Waals surface area contributed by atoms with Crippen LogP contribution in [0.15, 0.2) is 0 Å². The van der Waals surface area contributed by atoms with Crippen LogP contribution >= 0.6 is 0 Å². The van der Waals surface area contributed by atoms with E-state index in [1.54, 1.807) is 0 Å². The molecule has 2 unspecified atom stereocenters. The van der Waals surface area contributed by atoms with Gasteiger partial charge in [-0.2, -0.15) is 0 Å². The largest absolute Gasteiger partial charge is 0.348 e. The SMILES string of the molecule is BN1CC2CN(C)CC2C1. The Hall–Kier alpha value is -0.0151. The lowest BCUT2D eigenvalue weighted by atomic mass is 10.0. The number of hydrogen-bond acceptors (Lipinski definition) is 2. The summed E-state index contributed by atoms with van der Waals surface area (Å²) in [7, 11) is 4.47. The highest BCUT2D eigenvalue weighted by Crippen LogP contribution is 2.28. The molecule has 56 valence electrons. The third-order valence-corrected chi connectivity index (χ3v) is 2.85. The summed E-state index contributed by atoms with van der Waals surface area (Å²) in [6, 6.07) is 0. The minimum absolute atomic E-state index is 0.981. The third kappa shape index (κ3) is 0.975. The monoisotopic (exact) mass is 138 g/mol. The molecule has 2 aliphatic rings. The van der Waals surface area contributed by atoms with Crippen LogP contribution in [0.4, 0.5) is 0 Å². The van der Waals surface area contributed by atoms with Crippen molar-refractivity contribution in [2.75, 3.05) is 33.2 Å².